The average Bonchev–Trinajstić information content (AvgIpc) is 2.69. The molecule has 7 heteroatoms. The second-order valence-corrected chi connectivity index (χ2v) is 6.26. The molecule has 1 aromatic carbocycles. The summed E-state index contributed by atoms with van der Waals surface area (Å²) in [5.74, 6) is 5.43. The smallest absolute Gasteiger partial charge is 0.253 e. The van der Waals surface area contributed by atoms with Crippen LogP contribution >= 0.6 is 0 Å². The fraction of sp³-hybridized carbons (Fsp3) is 0.611. The number of hydrogen-bond acceptors (Lipinski definition) is 6. The van der Waals surface area contributed by atoms with Crippen molar-refractivity contribution in [3.05, 3.63) is 23.8 Å². The number of nitrogens with one attached hydrogen (secondary N) is 2. The van der Waals surface area contributed by atoms with E-state index in [1.807, 2.05) is 18.7 Å². The molecule has 25 heavy (non-hydrogen) atoms. The molecule has 0 bridgehead atoms. The minimum Gasteiger partial charge on any atom is -0.397 e. The minimum atomic E-state index is 0.0547. The largest absolute Gasteiger partial charge is 0.397 e. The molecule has 0 unspecified atom stereocenters. The van der Waals surface area contributed by atoms with Gasteiger partial charge in [0.15, 0.2) is 0 Å². The maximum atomic E-state index is 12.6. The highest BCUT2D eigenvalue weighted by molar-refractivity contribution is 5.96. The molecule has 2 aliphatic heterocycles. The fourth-order valence-corrected chi connectivity index (χ4v) is 3.49. The highest BCUT2D eigenvalue weighted by Gasteiger charge is 2.28. The molecule has 7 nitrogen and oxygen atoms in total. The normalized spacial score (nSPS) is 19.1. The molecular formula is C18H32N6O. The SMILES string of the molecule is CC.NNc1ccc(C(=O)N2CCC(N3CCNCC3)CC2)cc1N. The molecule has 2 aliphatic rings. The first-order valence-electron chi connectivity index (χ1n) is 9.29. The standard InChI is InChI=1S/C16H26N6O.C2H6/c17-14-11-12(1-2-15(14)20-18)16(23)22-7-3-13(4-8-22)21-9-5-19-6-10-21;1-2/h1-2,11,13,19-20H,3-10,17-18H2;1-2H3. The molecule has 0 radical (unpaired) electrons. The van der Waals surface area contributed by atoms with E-state index in [1.54, 1.807) is 18.2 Å². The van der Waals surface area contributed by atoms with E-state index in [0.29, 0.717) is 23.0 Å². The van der Waals surface area contributed by atoms with Gasteiger partial charge in [-0.3, -0.25) is 15.5 Å². The highest BCUT2D eigenvalue weighted by atomic mass is 16.2. The number of carbonyl (C=O) groups is 1. The third-order valence-electron chi connectivity index (χ3n) is 4.87. The zero-order valence-electron chi connectivity index (χ0n) is 15.4. The van der Waals surface area contributed by atoms with Crippen LogP contribution in [0.5, 0.6) is 0 Å². The van der Waals surface area contributed by atoms with Crippen molar-refractivity contribution in [2.24, 2.45) is 5.84 Å². The summed E-state index contributed by atoms with van der Waals surface area (Å²) in [4.78, 5) is 17.1. The Bertz CT molecular complexity index is 550. The molecule has 0 atom stereocenters. The van der Waals surface area contributed by atoms with Gasteiger partial charge in [-0.25, -0.2) is 0 Å². The van der Waals surface area contributed by atoms with Crippen LogP contribution in [0.25, 0.3) is 0 Å². The summed E-state index contributed by atoms with van der Waals surface area (Å²) >= 11 is 0. The van der Waals surface area contributed by atoms with Gasteiger partial charge >= 0.3 is 0 Å². The Hall–Kier alpha value is -1.83. The van der Waals surface area contributed by atoms with E-state index < -0.39 is 0 Å². The summed E-state index contributed by atoms with van der Waals surface area (Å²) in [6, 6.07) is 5.82. The number of nitrogens with zero attached hydrogens (tertiary/aromatic N) is 2. The van der Waals surface area contributed by atoms with E-state index in [9.17, 15) is 4.79 Å². The minimum absolute atomic E-state index is 0.0547. The number of rotatable bonds is 3. The molecule has 6 N–H and O–H groups in total. The zero-order chi connectivity index (χ0) is 18.2. The number of amides is 1. The second-order valence-electron chi connectivity index (χ2n) is 6.26. The Morgan fingerprint density at radius 3 is 2.36 bits per heavy atom. The van der Waals surface area contributed by atoms with Gasteiger partial charge in [0.1, 0.15) is 0 Å². The van der Waals surface area contributed by atoms with Gasteiger partial charge in [-0.15, -0.1) is 0 Å². The van der Waals surface area contributed by atoms with Gasteiger partial charge in [0.25, 0.3) is 5.91 Å². The van der Waals surface area contributed by atoms with Gasteiger partial charge in [-0.05, 0) is 31.0 Å². The van der Waals surface area contributed by atoms with Crippen LogP contribution in [0.3, 0.4) is 0 Å². The molecule has 1 amide bonds. The van der Waals surface area contributed by atoms with Crippen LogP contribution in [0.1, 0.15) is 37.0 Å². The second kappa shape index (κ2) is 9.60. The molecule has 0 spiro atoms. The molecular weight excluding hydrogens is 316 g/mol. The summed E-state index contributed by atoms with van der Waals surface area (Å²) in [6.07, 6.45) is 2.09. The monoisotopic (exact) mass is 348 g/mol. The number of hydrazine groups is 1. The van der Waals surface area contributed by atoms with Gasteiger partial charge in [0.05, 0.1) is 11.4 Å². The maximum Gasteiger partial charge on any atom is 0.253 e. The average molecular weight is 348 g/mol. The van der Waals surface area contributed by atoms with Crippen LogP contribution in [0.4, 0.5) is 11.4 Å². The third kappa shape index (κ3) is 4.84. The van der Waals surface area contributed by atoms with Crippen molar-refractivity contribution >= 4 is 17.3 Å². The van der Waals surface area contributed by atoms with Crippen molar-refractivity contribution < 1.29 is 4.79 Å². The maximum absolute atomic E-state index is 12.6. The molecule has 0 aliphatic carbocycles. The van der Waals surface area contributed by atoms with Crippen molar-refractivity contribution in [3.63, 3.8) is 0 Å². The predicted molar refractivity (Wildman–Crippen MR) is 103 cm³/mol. The molecule has 3 rings (SSSR count). The Balaban J connectivity index is 0.00000109. The fourth-order valence-electron chi connectivity index (χ4n) is 3.49. The first-order valence-corrected chi connectivity index (χ1v) is 9.29. The van der Waals surface area contributed by atoms with E-state index in [-0.39, 0.29) is 5.91 Å². The lowest BCUT2D eigenvalue weighted by Crippen LogP contribution is -2.52. The Morgan fingerprint density at radius 1 is 1.16 bits per heavy atom. The van der Waals surface area contributed by atoms with Gasteiger partial charge in [0.2, 0.25) is 0 Å². The highest BCUT2D eigenvalue weighted by Crippen LogP contribution is 2.22. The number of anilines is 2. The van der Waals surface area contributed by atoms with Gasteiger partial charge < -0.3 is 21.4 Å². The Kier molecular flexibility index (Phi) is 7.49. The lowest BCUT2D eigenvalue weighted by Gasteiger charge is -2.40. The van der Waals surface area contributed by atoms with E-state index in [0.717, 1.165) is 52.1 Å². The van der Waals surface area contributed by atoms with Crippen molar-refractivity contribution in [1.82, 2.24) is 15.1 Å². The first-order chi connectivity index (χ1) is 12.2. The molecule has 1 aromatic rings. The molecule has 2 fully saturated rings. The quantitative estimate of drug-likeness (QED) is 0.371. The molecule has 0 saturated carbocycles. The number of piperazine rings is 1. The Labute approximate surface area is 150 Å². The van der Waals surface area contributed by atoms with Crippen molar-refractivity contribution in [3.8, 4) is 0 Å². The lowest BCUT2D eigenvalue weighted by molar-refractivity contribution is 0.0601. The van der Waals surface area contributed by atoms with E-state index >= 15 is 0 Å². The zero-order valence-corrected chi connectivity index (χ0v) is 15.4. The van der Waals surface area contributed by atoms with Gasteiger partial charge in [-0.1, -0.05) is 13.8 Å². The summed E-state index contributed by atoms with van der Waals surface area (Å²) in [5, 5.41) is 3.38. The third-order valence-corrected chi connectivity index (χ3v) is 4.87. The van der Waals surface area contributed by atoms with Gasteiger partial charge in [-0.2, -0.15) is 0 Å². The Morgan fingerprint density at radius 2 is 1.80 bits per heavy atom. The van der Waals surface area contributed by atoms with Gasteiger partial charge in [0, 0.05) is 50.9 Å². The first kappa shape index (κ1) is 19.5. The van der Waals surface area contributed by atoms with Crippen molar-refractivity contribution in [2.45, 2.75) is 32.7 Å². The van der Waals surface area contributed by atoms with Crippen LogP contribution in [0.15, 0.2) is 18.2 Å². The summed E-state index contributed by atoms with van der Waals surface area (Å²) in [5.41, 5.74) is 10.2. The number of carbonyl (C=O) groups excluding carboxylic acids is 1. The van der Waals surface area contributed by atoms with E-state index in [4.69, 9.17) is 11.6 Å². The number of hydrogen-bond donors (Lipinski definition) is 4. The van der Waals surface area contributed by atoms with Crippen molar-refractivity contribution in [1.29, 1.82) is 0 Å². The van der Waals surface area contributed by atoms with Crippen LogP contribution in [-0.4, -0.2) is 61.0 Å². The number of likely N-dealkylation sites (tertiary alicyclic amines) is 1. The summed E-state index contributed by atoms with van der Waals surface area (Å²) in [7, 11) is 0. The number of benzene rings is 1. The summed E-state index contributed by atoms with van der Waals surface area (Å²) < 4.78 is 0. The van der Waals surface area contributed by atoms with E-state index in [1.165, 1.54) is 0 Å². The molecule has 2 heterocycles. The molecule has 140 valence electrons. The summed E-state index contributed by atoms with van der Waals surface area (Å²) in [6.45, 7) is 9.99. The number of nitrogens with two attached hydrogens (primary N) is 2. The lowest BCUT2D eigenvalue weighted by atomic mass is 10.0. The van der Waals surface area contributed by atoms with E-state index in [2.05, 4.69) is 15.6 Å². The van der Waals surface area contributed by atoms with Crippen LogP contribution in [0, 0.1) is 0 Å². The predicted octanol–water partition coefficient (Wildman–Crippen LogP) is 1.09. The van der Waals surface area contributed by atoms with Crippen molar-refractivity contribution in [2.75, 3.05) is 50.4 Å². The van der Waals surface area contributed by atoms with Crippen LogP contribution in [-0.2, 0) is 0 Å². The number of nitrogen functional groups attached to an aromatic ring is 2. The number of piperidine rings is 1. The van der Waals surface area contributed by atoms with Crippen LogP contribution in [0.2, 0.25) is 0 Å². The topological polar surface area (TPSA) is 99.6 Å². The molecule has 2 saturated heterocycles. The molecule has 0 aromatic heterocycles. The van der Waals surface area contributed by atoms with Crippen LogP contribution < -0.4 is 22.3 Å².